The Bertz CT molecular complexity index is 446. The van der Waals surface area contributed by atoms with E-state index in [4.69, 9.17) is 9.47 Å². The first-order chi connectivity index (χ1) is 10.8. The minimum Gasteiger partial charge on any atom is -0.491 e. The van der Waals surface area contributed by atoms with Crippen molar-refractivity contribution in [2.45, 2.75) is 44.4 Å². The second-order valence-corrected chi connectivity index (χ2v) is 6.10. The number of ether oxygens (including phenoxy) is 2. The van der Waals surface area contributed by atoms with Gasteiger partial charge in [-0.1, -0.05) is 19.1 Å². The normalized spacial score (nSPS) is 28.1. The summed E-state index contributed by atoms with van der Waals surface area (Å²) < 4.78 is 11.4. The molecule has 0 radical (unpaired) electrons. The monoisotopic (exact) mass is 305 g/mol. The molecule has 0 saturated carbocycles. The molecule has 2 fully saturated rings. The van der Waals surface area contributed by atoms with Crippen LogP contribution in [0.2, 0.25) is 0 Å². The molecule has 1 aromatic rings. The molecule has 122 valence electrons. The van der Waals surface area contributed by atoms with Crippen LogP contribution in [0.4, 0.5) is 0 Å². The van der Waals surface area contributed by atoms with Crippen molar-refractivity contribution < 1.29 is 9.47 Å². The van der Waals surface area contributed by atoms with E-state index >= 15 is 0 Å². The van der Waals surface area contributed by atoms with Crippen molar-refractivity contribution in [1.29, 1.82) is 0 Å². The van der Waals surface area contributed by atoms with E-state index in [1.807, 2.05) is 0 Å². The standard InChI is InChI=1S/C17H27N3O2/c1-2-18-11-14-10-17(20-19-14)13-5-7-15(8-6-13)22-12-16-4-3-9-21-16/h5-8,14,16-20H,2-4,9-12H2,1H3. The van der Waals surface area contributed by atoms with Gasteiger partial charge in [-0.2, -0.15) is 0 Å². The van der Waals surface area contributed by atoms with Gasteiger partial charge in [0.25, 0.3) is 0 Å². The molecular weight excluding hydrogens is 278 g/mol. The van der Waals surface area contributed by atoms with Gasteiger partial charge in [0.05, 0.1) is 6.10 Å². The largest absolute Gasteiger partial charge is 0.491 e. The average molecular weight is 305 g/mol. The summed E-state index contributed by atoms with van der Waals surface area (Å²) in [4.78, 5) is 0. The van der Waals surface area contributed by atoms with Gasteiger partial charge in [-0.3, -0.25) is 5.43 Å². The third kappa shape index (κ3) is 4.20. The highest BCUT2D eigenvalue weighted by atomic mass is 16.5. The summed E-state index contributed by atoms with van der Waals surface area (Å²) >= 11 is 0. The number of nitrogens with one attached hydrogen (secondary N) is 3. The fourth-order valence-corrected chi connectivity index (χ4v) is 3.05. The molecule has 5 nitrogen and oxygen atoms in total. The Morgan fingerprint density at radius 3 is 2.86 bits per heavy atom. The Labute approximate surface area is 132 Å². The maximum atomic E-state index is 5.81. The van der Waals surface area contributed by atoms with Crippen LogP contribution >= 0.6 is 0 Å². The first kappa shape index (κ1) is 15.7. The van der Waals surface area contributed by atoms with Gasteiger partial charge < -0.3 is 14.8 Å². The molecule has 0 spiro atoms. The van der Waals surface area contributed by atoms with Crippen LogP contribution in [-0.2, 0) is 4.74 Å². The topological polar surface area (TPSA) is 54.5 Å². The molecule has 3 N–H and O–H groups in total. The van der Waals surface area contributed by atoms with Crippen LogP contribution in [0.3, 0.4) is 0 Å². The van der Waals surface area contributed by atoms with E-state index in [-0.39, 0.29) is 6.10 Å². The summed E-state index contributed by atoms with van der Waals surface area (Å²) in [6.07, 6.45) is 3.64. The zero-order valence-corrected chi connectivity index (χ0v) is 13.3. The maximum Gasteiger partial charge on any atom is 0.119 e. The van der Waals surface area contributed by atoms with Crippen molar-refractivity contribution >= 4 is 0 Å². The van der Waals surface area contributed by atoms with Gasteiger partial charge in [0.15, 0.2) is 0 Å². The highest BCUT2D eigenvalue weighted by molar-refractivity contribution is 5.29. The number of hydrogen-bond donors (Lipinski definition) is 3. The second-order valence-electron chi connectivity index (χ2n) is 6.10. The van der Waals surface area contributed by atoms with E-state index in [1.165, 1.54) is 5.56 Å². The molecule has 1 aromatic carbocycles. The lowest BCUT2D eigenvalue weighted by Crippen LogP contribution is -2.37. The van der Waals surface area contributed by atoms with Crippen LogP contribution in [0.5, 0.6) is 5.75 Å². The van der Waals surface area contributed by atoms with E-state index in [9.17, 15) is 0 Å². The van der Waals surface area contributed by atoms with Crippen LogP contribution in [0.1, 0.15) is 37.8 Å². The number of hydrogen-bond acceptors (Lipinski definition) is 5. The van der Waals surface area contributed by atoms with Gasteiger partial charge in [0.1, 0.15) is 12.4 Å². The molecule has 3 unspecified atom stereocenters. The van der Waals surface area contributed by atoms with E-state index < -0.39 is 0 Å². The first-order valence-electron chi connectivity index (χ1n) is 8.41. The zero-order chi connectivity index (χ0) is 15.2. The van der Waals surface area contributed by atoms with Crippen LogP contribution in [0.15, 0.2) is 24.3 Å². The number of benzene rings is 1. The second kappa shape index (κ2) is 7.92. The van der Waals surface area contributed by atoms with Crippen molar-refractivity contribution in [3.8, 4) is 5.75 Å². The van der Waals surface area contributed by atoms with Crippen LogP contribution < -0.4 is 20.9 Å². The van der Waals surface area contributed by atoms with E-state index in [2.05, 4.69) is 47.4 Å². The molecule has 5 heteroatoms. The van der Waals surface area contributed by atoms with Crippen molar-refractivity contribution in [1.82, 2.24) is 16.2 Å². The summed E-state index contributed by atoms with van der Waals surface area (Å²) in [5.74, 6) is 0.925. The Hall–Kier alpha value is -1.14. The molecular formula is C17H27N3O2. The average Bonchev–Trinajstić information content (AvgIpc) is 3.23. The van der Waals surface area contributed by atoms with E-state index in [0.29, 0.717) is 18.7 Å². The molecule has 3 rings (SSSR count). The van der Waals surface area contributed by atoms with E-state index in [1.54, 1.807) is 0 Å². The Morgan fingerprint density at radius 1 is 1.27 bits per heavy atom. The third-order valence-corrected chi connectivity index (χ3v) is 4.36. The highest BCUT2D eigenvalue weighted by Gasteiger charge is 2.24. The third-order valence-electron chi connectivity index (χ3n) is 4.36. The van der Waals surface area contributed by atoms with Gasteiger partial charge in [0.2, 0.25) is 0 Å². The fourth-order valence-electron chi connectivity index (χ4n) is 3.05. The number of hydrazine groups is 1. The molecule has 2 aliphatic rings. The Balaban J connectivity index is 1.47. The fraction of sp³-hybridized carbons (Fsp3) is 0.647. The lowest BCUT2D eigenvalue weighted by atomic mass is 10.0. The van der Waals surface area contributed by atoms with Crippen molar-refractivity contribution in [3.05, 3.63) is 29.8 Å². The van der Waals surface area contributed by atoms with Crippen molar-refractivity contribution in [3.63, 3.8) is 0 Å². The summed E-state index contributed by atoms with van der Waals surface area (Å²) in [6.45, 7) is 5.69. The van der Waals surface area contributed by atoms with Crippen LogP contribution in [0, 0.1) is 0 Å². The lowest BCUT2D eigenvalue weighted by Gasteiger charge is -2.13. The minimum absolute atomic E-state index is 0.271. The predicted octanol–water partition coefficient (Wildman–Crippen LogP) is 1.76. The SMILES string of the molecule is CCNCC1CC(c2ccc(OCC3CCCO3)cc2)NN1. The van der Waals surface area contributed by atoms with Gasteiger partial charge in [-0.05, 0) is 43.5 Å². The molecule has 0 aromatic heterocycles. The smallest absolute Gasteiger partial charge is 0.119 e. The molecule has 2 aliphatic heterocycles. The highest BCUT2D eigenvalue weighted by Crippen LogP contribution is 2.24. The Morgan fingerprint density at radius 2 is 2.14 bits per heavy atom. The first-order valence-corrected chi connectivity index (χ1v) is 8.41. The summed E-state index contributed by atoms with van der Waals surface area (Å²) in [6, 6.07) is 9.28. The molecule has 0 aliphatic carbocycles. The maximum absolute atomic E-state index is 5.81. The van der Waals surface area contributed by atoms with E-state index in [0.717, 1.165) is 44.7 Å². The molecule has 2 heterocycles. The van der Waals surface area contributed by atoms with Gasteiger partial charge >= 0.3 is 0 Å². The van der Waals surface area contributed by atoms with Crippen molar-refractivity contribution in [2.24, 2.45) is 0 Å². The minimum atomic E-state index is 0.271. The Kier molecular flexibility index (Phi) is 5.67. The molecule has 3 atom stereocenters. The quantitative estimate of drug-likeness (QED) is 0.717. The summed E-state index contributed by atoms with van der Waals surface area (Å²) in [5, 5.41) is 3.38. The number of rotatable bonds is 7. The summed E-state index contributed by atoms with van der Waals surface area (Å²) in [7, 11) is 0. The summed E-state index contributed by atoms with van der Waals surface area (Å²) in [5.41, 5.74) is 8.04. The molecule has 0 bridgehead atoms. The van der Waals surface area contributed by atoms with Gasteiger partial charge in [-0.25, -0.2) is 5.43 Å². The number of likely N-dealkylation sites (N-methyl/N-ethyl adjacent to an activating group) is 1. The van der Waals surface area contributed by atoms with Gasteiger partial charge in [0, 0.05) is 25.2 Å². The molecule has 2 saturated heterocycles. The van der Waals surface area contributed by atoms with Gasteiger partial charge in [-0.15, -0.1) is 0 Å². The molecule has 0 amide bonds. The van der Waals surface area contributed by atoms with Crippen LogP contribution in [0.25, 0.3) is 0 Å². The van der Waals surface area contributed by atoms with Crippen LogP contribution in [-0.4, -0.2) is 38.4 Å². The zero-order valence-electron chi connectivity index (χ0n) is 13.3. The van der Waals surface area contributed by atoms with Crippen molar-refractivity contribution in [2.75, 3.05) is 26.3 Å². The lowest BCUT2D eigenvalue weighted by molar-refractivity contribution is 0.0679. The predicted molar refractivity (Wildman–Crippen MR) is 86.9 cm³/mol. The molecule has 22 heavy (non-hydrogen) atoms.